The molecule has 15 heteroatoms. The van der Waals surface area contributed by atoms with Crippen molar-refractivity contribution < 1.29 is 95.4 Å². The van der Waals surface area contributed by atoms with Gasteiger partial charge in [0, 0.05) is 29.9 Å². The second-order valence-corrected chi connectivity index (χ2v) is 21.6. The molecule has 2 radical (unpaired) electrons. The standard InChI is InChI=1S/C13H17O2.C12H14O2.C11H13O2.C8H12O3.C8H14O2.C7H10O2.2C2H6.2Ru/c1-4-13(10(2)3)11-5-7-12(8-6-11)15-9-14;1-12(2,3)10-8-6-4-5-7-9(8)11(13)14-10;1-9(2)7-10-3-5-11(6-4-10)13-8-12;1-5(2)4-7-6(3)10-8(9)11-7;1-8(2,3)6-4-5-7(9)10-6;1-5(2)6-3-4-7(8)9-6;2*1-2;;/h5-8,10,13H,4H2,1-3H3;4-7,10H,1-3H3;3-6,9H,7H2,1-2H3;5H,4H2,1-3H3;6H,4-5H2,1-3H3;3-6H,1-2H3;2*1-2H3;;/q-1;;-1;;;;;;2*+1. The molecule has 3 aliphatic rings. The maximum absolute atomic E-state index is 11.5. The van der Waals surface area contributed by atoms with E-state index in [1.165, 1.54) is 30.1 Å². The van der Waals surface area contributed by atoms with Gasteiger partial charge in [0.15, 0.2) is 12.9 Å². The first-order valence-corrected chi connectivity index (χ1v) is 26.9. The Labute approximate surface area is 493 Å². The Morgan fingerprint density at radius 1 is 0.654 bits per heavy atom. The fraction of sp³-hybridized carbons (Fsp3) is 0.556. The van der Waals surface area contributed by atoms with E-state index in [9.17, 15) is 28.8 Å². The van der Waals surface area contributed by atoms with Gasteiger partial charge in [0.2, 0.25) is 0 Å². The number of rotatable bonds is 12. The van der Waals surface area contributed by atoms with E-state index in [0.29, 0.717) is 64.6 Å². The van der Waals surface area contributed by atoms with Crippen LogP contribution in [0.2, 0.25) is 0 Å². The van der Waals surface area contributed by atoms with Crippen LogP contribution in [0.1, 0.15) is 201 Å². The molecule has 438 valence electrons. The van der Waals surface area contributed by atoms with Crippen LogP contribution in [0.3, 0.4) is 0 Å². The third kappa shape index (κ3) is 29.8. The minimum atomic E-state index is -0.599. The van der Waals surface area contributed by atoms with Crippen molar-refractivity contribution in [3.63, 3.8) is 0 Å². The van der Waals surface area contributed by atoms with Gasteiger partial charge in [0.05, 0.1) is 5.56 Å². The SMILES string of the molecule is CC.CC.CC(C)(C)C1CCC(=O)O1.CC(C)(C)C1OC(=O)c2ccccc21.CC(C)C1C=CC(=O)O1.CC(C)Cc1ccc(O[C-]=O)cc1.CCC(c1ccc(O[C-]=O)cc1)C(C)C.Cc1oc(=O)oc1CC(C)C.[Ru+].[Ru+]. The quantitative estimate of drug-likeness (QED) is 0.0568. The van der Waals surface area contributed by atoms with Crippen molar-refractivity contribution >= 4 is 30.9 Å². The number of aryl methyl sites for hydroxylation is 1. The molecule has 4 atom stereocenters. The largest absolute Gasteiger partial charge is 1.00 e. The van der Waals surface area contributed by atoms with Gasteiger partial charge in [-0.25, -0.2) is 14.4 Å². The van der Waals surface area contributed by atoms with Crippen molar-refractivity contribution in [3.8, 4) is 11.5 Å². The van der Waals surface area contributed by atoms with Gasteiger partial charge in [-0.3, -0.25) is 4.79 Å². The summed E-state index contributed by atoms with van der Waals surface area (Å²) in [4.78, 5) is 63.1. The summed E-state index contributed by atoms with van der Waals surface area (Å²) >= 11 is 0. The third-order valence-corrected chi connectivity index (χ3v) is 11.5. The van der Waals surface area contributed by atoms with Gasteiger partial charge in [-0.05, 0) is 90.4 Å². The van der Waals surface area contributed by atoms with Crippen LogP contribution in [-0.4, -0.2) is 43.1 Å². The van der Waals surface area contributed by atoms with Crippen molar-refractivity contribution in [3.05, 3.63) is 129 Å². The topological polar surface area (TPSA) is 175 Å². The molecule has 78 heavy (non-hydrogen) atoms. The van der Waals surface area contributed by atoms with Crippen LogP contribution in [-0.2, 0) is 85.2 Å². The van der Waals surface area contributed by atoms with Gasteiger partial charge in [-0.1, -0.05) is 180 Å². The molecule has 0 amide bonds. The number of fused-ring (bicyclic) bond motifs is 1. The number of hydrogen-bond acceptors (Lipinski definition) is 13. The zero-order valence-electron chi connectivity index (χ0n) is 50.3. The summed E-state index contributed by atoms with van der Waals surface area (Å²) in [5.74, 6) is 4.03. The Balaban J connectivity index is -0.000000855. The monoisotopic (exact) mass is 1260 g/mol. The molecule has 1 aromatic heterocycles. The number of hydrogen-bond donors (Lipinski definition) is 0. The summed E-state index contributed by atoms with van der Waals surface area (Å²) in [5, 5.41) is 0. The summed E-state index contributed by atoms with van der Waals surface area (Å²) < 4.78 is 34.0. The molecule has 0 spiro atoms. The molecule has 0 aliphatic carbocycles. The van der Waals surface area contributed by atoms with Gasteiger partial charge in [-0.2, -0.15) is 0 Å². The van der Waals surface area contributed by atoms with Gasteiger partial charge in [-0.15, -0.1) is 24.3 Å². The van der Waals surface area contributed by atoms with Gasteiger partial charge >= 0.3 is 62.7 Å². The molecule has 1 fully saturated rings. The summed E-state index contributed by atoms with van der Waals surface area (Å²) in [7, 11) is 0. The Kier molecular flexibility index (Phi) is 39.8. The summed E-state index contributed by atoms with van der Waals surface area (Å²) in [5.41, 5.74) is 4.37. The van der Waals surface area contributed by atoms with E-state index in [1.807, 2.05) is 102 Å². The van der Waals surface area contributed by atoms with E-state index in [-0.39, 0.29) is 86.0 Å². The molecule has 4 heterocycles. The summed E-state index contributed by atoms with van der Waals surface area (Å²) in [6.07, 6.45) is 7.74. The van der Waals surface area contributed by atoms with Gasteiger partial charge in [0.1, 0.15) is 29.8 Å². The zero-order valence-corrected chi connectivity index (χ0v) is 53.7. The van der Waals surface area contributed by atoms with Crippen molar-refractivity contribution in [2.24, 2.45) is 34.5 Å². The van der Waals surface area contributed by atoms with Crippen LogP contribution in [0.15, 0.2) is 98.6 Å². The third-order valence-electron chi connectivity index (χ3n) is 11.5. The smallest absolute Gasteiger partial charge is 0.610 e. The molecule has 0 N–H and O–H groups in total. The molecule has 0 bridgehead atoms. The van der Waals surface area contributed by atoms with Crippen molar-refractivity contribution in [2.75, 3.05) is 0 Å². The Morgan fingerprint density at radius 2 is 1.17 bits per heavy atom. The fourth-order valence-corrected chi connectivity index (χ4v) is 7.74. The number of esters is 3. The molecule has 4 aromatic rings. The molecule has 1 saturated heterocycles. The Hall–Kier alpha value is -4.99. The maximum atomic E-state index is 11.5. The first-order chi connectivity index (χ1) is 35.7. The number of carbonyl (C=O) groups excluding carboxylic acids is 5. The second kappa shape index (κ2) is 40.2. The Morgan fingerprint density at radius 3 is 1.51 bits per heavy atom. The van der Waals surface area contributed by atoms with Crippen LogP contribution in [0.25, 0.3) is 0 Å². The van der Waals surface area contributed by atoms with Crippen molar-refractivity contribution in [2.45, 2.75) is 195 Å². The van der Waals surface area contributed by atoms with E-state index in [0.717, 1.165) is 31.2 Å². The predicted molar refractivity (Wildman–Crippen MR) is 302 cm³/mol. The van der Waals surface area contributed by atoms with E-state index < -0.39 is 5.82 Å². The minimum absolute atomic E-state index is 0. The summed E-state index contributed by atoms with van der Waals surface area (Å²) in [6, 6.07) is 22.7. The average molecular weight is 1260 g/mol. The molecule has 4 unspecified atom stereocenters. The van der Waals surface area contributed by atoms with Crippen molar-refractivity contribution in [1.29, 1.82) is 0 Å². The number of ether oxygens (including phenoxy) is 5. The van der Waals surface area contributed by atoms with E-state index in [4.69, 9.17) is 23.0 Å². The molecule has 13 nitrogen and oxygen atoms in total. The minimum Gasteiger partial charge on any atom is -0.610 e. The van der Waals surface area contributed by atoms with Crippen LogP contribution in [0.4, 0.5) is 0 Å². The van der Waals surface area contributed by atoms with Crippen molar-refractivity contribution in [1.82, 2.24) is 0 Å². The predicted octanol–water partition coefficient (Wildman–Crippen LogP) is 15.2. The van der Waals surface area contributed by atoms with Gasteiger partial charge < -0.3 is 42.1 Å². The second-order valence-electron chi connectivity index (χ2n) is 21.6. The van der Waals surface area contributed by atoms with Crippen LogP contribution >= 0.6 is 0 Å². The summed E-state index contributed by atoms with van der Waals surface area (Å²) in [6.45, 7) is 44.2. The average Bonchev–Trinajstić information content (AvgIpc) is 4.16. The molecule has 3 aromatic carbocycles. The van der Waals surface area contributed by atoms with Crippen LogP contribution in [0.5, 0.6) is 11.5 Å². The van der Waals surface area contributed by atoms with Crippen LogP contribution in [0, 0.1) is 41.4 Å². The maximum Gasteiger partial charge on any atom is 1.00 e. The Bertz CT molecular complexity index is 2370. The van der Waals surface area contributed by atoms with Gasteiger partial charge in [0.25, 0.3) is 0 Å². The first-order valence-electron chi connectivity index (χ1n) is 26.9. The fourth-order valence-electron chi connectivity index (χ4n) is 7.74. The molecule has 0 saturated carbocycles. The van der Waals surface area contributed by atoms with E-state index in [2.05, 4.69) is 99.5 Å². The molecule has 3 aliphatic heterocycles. The zero-order chi connectivity index (χ0) is 58.3. The first kappa shape index (κ1) is 77.2. The molecular formula is C63H92O13Ru2. The van der Waals surface area contributed by atoms with E-state index >= 15 is 0 Å². The number of carbonyl (C=O) groups is 3. The van der Waals surface area contributed by atoms with E-state index in [1.54, 1.807) is 25.1 Å². The number of cyclic esters (lactones) is 3. The number of benzene rings is 3. The normalized spacial score (nSPS) is 15.8. The molecular weight excluding hydrogens is 1170 g/mol. The van der Waals surface area contributed by atoms with Crippen LogP contribution < -0.4 is 15.3 Å². The molecule has 7 rings (SSSR count).